The van der Waals surface area contributed by atoms with E-state index in [1.165, 1.54) is 0 Å². The standard InChI is InChI=1S/C22H17N3O2/c1-26-18-11-9-17(10-12-18)25-21-8-3-2-7-20(21)24-22(25)15-27-19-6-4-5-16(13-19)14-23/h2-13H,15H2,1H3. The fraction of sp³-hybridized carbons (Fsp3) is 0.0909. The van der Waals surface area contributed by atoms with E-state index in [2.05, 4.69) is 10.6 Å². The van der Waals surface area contributed by atoms with E-state index in [0.717, 1.165) is 28.3 Å². The highest BCUT2D eigenvalue weighted by Gasteiger charge is 2.13. The lowest BCUT2D eigenvalue weighted by Crippen LogP contribution is -2.05. The third kappa shape index (κ3) is 3.33. The highest BCUT2D eigenvalue weighted by atomic mass is 16.5. The van der Waals surface area contributed by atoms with Crippen molar-refractivity contribution in [2.24, 2.45) is 0 Å². The van der Waals surface area contributed by atoms with Crippen LogP contribution >= 0.6 is 0 Å². The molecule has 0 unspecified atom stereocenters. The van der Waals surface area contributed by atoms with Crippen LogP contribution in [0.2, 0.25) is 0 Å². The molecule has 3 aromatic carbocycles. The molecular weight excluding hydrogens is 338 g/mol. The fourth-order valence-corrected chi connectivity index (χ4v) is 3.00. The molecule has 0 amide bonds. The van der Waals surface area contributed by atoms with Crippen molar-refractivity contribution in [1.82, 2.24) is 9.55 Å². The average molecular weight is 355 g/mol. The highest BCUT2D eigenvalue weighted by molar-refractivity contribution is 5.78. The summed E-state index contributed by atoms with van der Waals surface area (Å²) in [5.74, 6) is 2.22. The second-order valence-corrected chi connectivity index (χ2v) is 5.98. The molecule has 0 N–H and O–H groups in total. The SMILES string of the molecule is COc1ccc(-n2c(COc3cccc(C#N)c3)nc3ccccc32)cc1. The Balaban J connectivity index is 1.72. The van der Waals surface area contributed by atoms with Gasteiger partial charge in [0.15, 0.2) is 5.82 Å². The van der Waals surface area contributed by atoms with Gasteiger partial charge in [-0.15, -0.1) is 0 Å². The third-order valence-electron chi connectivity index (χ3n) is 4.29. The minimum atomic E-state index is 0.287. The maximum absolute atomic E-state index is 9.05. The maximum atomic E-state index is 9.05. The first-order valence-corrected chi connectivity index (χ1v) is 8.52. The largest absolute Gasteiger partial charge is 0.497 e. The molecule has 0 aliphatic heterocycles. The van der Waals surface area contributed by atoms with Crippen LogP contribution in [-0.2, 0) is 6.61 Å². The Bertz CT molecular complexity index is 1120. The van der Waals surface area contributed by atoms with Gasteiger partial charge in [0.2, 0.25) is 0 Å². The van der Waals surface area contributed by atoms with Crippen LogP contribution in [0, 0.1) is 11.3 Å². The van der Waals surface area contributed by atoms with Gasteiger partial charge in [-0.1, -0.05) is 18.2 Å². The number of rotatable bonds is 5. The zero-order valence-corrected chi connectivity index (χ0v) is 14.8. The average Bonchev–Trinajstić information content (AvgIpc) is 3.11. The van der Waals surface area contributed by atoms with Gasteiger partial charge in [-0.3, -0.25) is 4.57 Å². The van der Waals surface area contributed by atoms with Crippen molar-refractivity contribution in [1.29, 1.82) is 5.26 Å². The molecule has 0 saturated carbocycles. The Kier molecular flexibility index (Phi) is 4.46. The summed E-state index contributed by atoms with van der Waals surface area (Å²) >= 11 is 0. The van der Waals surface area contributed by atoms with Crippen LogP contribution in [0.15, 0.2) is 72.8 Å². The molecular formula is C22H17N3O2. The molecule has 5 heteroatoms. The number of hydrogen-bond donors (Lipinski definition) is 0. The molecule has 27 heavy (non-hydrogen) atoms. The second-order valence-electron chi connectivity index (χ2n) is 5.98. The van der Waals surface area contributed by atoms with Crippen molar-refractivity contribution in [2.45, 2.75) is 6.61 Å². The second kappa shape index (κ2) is 7.22. The summed E-state index contributed by atoms with van der Waals surface area (Å²) in [6, 6.07) is 25.0. The van der Waals surface area contributed by atoms with E-state index in [1.807, 2.05) is 54.6 Å². The summed E-state index contributed by atoms with van der Waals surface area (Å²) in [4.78, 5) is 4.73. The van der Waals surface area contributed by atoms with Crippen LogP contribution in [0.4, 0.5) is 0 Å². The number of nitrogens with zero attached hydrogens (tertiary/aromatic N) is 3. The van der Waals surface area contributed by atoms with E-state index in [9.17, 15) is 0 Å². The molecule has 0 saturated heterocycles. The van der Waals surface area contributed by atoms with Crippen molar-refractivity contribution in [3.8, 4) is 23.3 Å². The Labute approximate surface area is 157 Å². The van der Waals surface area contributed by atoms with Crippen LogP contribution in [0.5, 0.6) is 11.5 Å². The number of para-hydroxylation sites is 2. The van der Waals surface area contributed by atoms with Crippen molar-refractivity contribution >= 4 is 11.0 Å². The topological polar surface area (TPSA) is 60.1 Å². The van der Waals surface area contributed by atoms with Gasteiger partial charge in [-0.25, -0.2) is 4.98 Å². The van der Waals surface area contributed by atoms with E-state index < -0.39 is 0 Å². The summed E-state index contributed by atoms with van der Waals surface area (Å²) in [7, 11) is 1.65. The third-order valence-corrected chi connectivity index (χ3v) is 4.29. The van der Waals surface area contributed by atoms with Gasteiger partial charge in [0.25, 0.3) is 0 Å². The molecule has 0 spiro atoms. The minimum Gasteiger partial charge on any atom is -0.497 e. The van der Waals surface area contributed by atoms with Gasteiger partial charge >= 0.3 is 0 Å². The predicted molar refractivity (Wildman–Crippen MR) is 103 cm³/mol. The molecule has 0 aliphatic carbocycles. The first-order valence-electron chi connectivity index (χ1n) is 8.52. The number of imidazole rings is 1. The molecule has 4 rings (SSSR count). The zero-order chi connectivity index (χ0) is 18.6. The quantitative estimate of drug-likeness (QED) is 0.529. The molecule has 0 atom stereocenters. The Morgan fingerprint density at radius 3 is 2.56 bits per heavy atom. The van der Waals surface area contributed by atoms with E-state index in [4.69, 9.17) is 19.7 Å². The Hall–Kier alpha value is -3.78. The number of aromatic nitrogens is 2. The first kappa shape index (κ1) is 16.7. The van der Waals surface area contributed by atoms with Gasteiger partial charge in [0, 0.05) is 5.69 Å². The van der Waals surface area contributed by atoms with Gasteiger partial charge in [-0.05, 0) is 54.6 Å². The molecule has 0 radical (unpaired) electrons. The fourth-order valence-electron chi connectivity index (χ4n) is 3.00. The van der Waals surface area contributed by atoms with Gasteiger partial charge < -0.3 is 9.47 Å². The maximum Gasteiger partial charge on any atom is 0.152 e. The lowest BCUT2D eigenvalue weighted by Gasteiger charge is -2.11. The van der Waals surface area contributed by atoms with Crippen LogP contribution in [-0.4, -0.2) is 16.7 Å². The van der Waals surface area contributed by atoms with Crippen LogP contribution < -0.4 is 9.47 Å². The summed E-state index contributed by atoms with van der Waals surface area (Å²) in [5, 5.41) is 9.05. The monoisotopic (exact) mass is 355 g/mol. The number of methoxy groups -OCH3 is 1. The minimum absolute atomic E-state index is 0.287. The molecule has 132 valence electrons. The summed E-state index contributed by atoms with van der Waals surface area (Å²) in [6.45, 7) is 0.287. The lowest BCUT2D eigenvalue weighted by atomic mass is 10.2. The first-order chi connectivity index (χ1) is 13.3. The Morgan fingerprint density at radius 2 is 1.78 bits per heavy atom. The number of hydrogen-bond acceptors (Lipinski definition) is 4. The smallest absolute Gasteiger partial charge is 0.152 e. The normalized spacial score (nSPS) is 10.5. The molecule has 5 nitrogen and oxygen atoms in total. The van der Waals surface area contributed by atoms with E-state index >= 15 is 0 Å². The molecule has 0 aliphatic rings. The number of fused-ring (bicyclic) bond motifs is 1. The van der Waals surface area contributed by atoms with E-state index in [1.54, 1.807) is 25.3 Å². The predicted octanol–water partition coefficient (Wildman–Crippen LogP) is 4.48. The molecule has 0 fully saturated rings. The summed E-state index contributed by atoms with van der Waals surface area (Å²) in [6.07, 6.45) is 0. The summed E-state index contributed by atoms with van der Waals surface area (Å²) < 4.78 is 13.2. The molecule has 1 aromatic heterocycles. The van der Waals surface area contributed by atoms with Crippen LogP contribution in [0.25, 0.3) is 16.7 Å². The van der Waals surface area contributed by atoms with Crippen molar-refractivity contribution in [3.05, 3.63) is 84.2 Å². The lowest BCUT2D eigenvalue weighted by molar-refractivity contribution is 0.294. The van der Waals surface area contributed by atoms with E-state index in [0.29, 0.717) is 11.3 Å². The van der Waals surface area contributed by atoms with Crippen molar-refractivity contribution < 1.29 is 9.47 Å². The Morgan fingerprint density at radius 1 is 0.963 bits per heavy atom. The van der Waals surface area contributed by atoms with Crippen LogP contribution in [0.1, 0.15) is 11.4 Å². The van der Waals surface area contributed by atoms with Crippen LogP contribution in [0.3, 0.4) is 0 Å². The molecule has 1 heterocycles. The summed E-state index contributed by atoms with van der Waals surface area (Å²) in [5.41, 5.74) is 3.45. The number of nitriles is 1. The highest BCUT2D eigenvalue weighted by Crippen LogP contribution is 2.24. The molecule has 4 aromatic rings. The van der Waals surface area contributed by atoms with Gasteiger partial charge in [0.1, 0.15) is 18.1 Å². The number of benzene rings is 3. The zero-order valence-electron chi connectivity index (χ0n) is 14.8. The van der Waals surface area contributed by atoms with Crippen molar-refractivity contribution in [3.63, 3.8) is 0 Å². The van der Waals surface area contributed by atoms with Gasteiger partial charge in [-0.2, -0.15) is 5.26 Å². The molecule has 0 bridgehead atoms. The van der Waals surface area contributed by atoms with E-state index in [-0.39, 0.29) is 6.61 Å². The van der Waals surface area contributed by atoms with Crippen molar-refractivity contribution in [2.75, 3.05) is 7.11 Å². The van der Waals surface area contributed by atoms with Gasteiger partial charge in [0.05, 0.1) is 29.8 Å². The number of ether oxygens (including phenoxy) is 2.